The first-order valence-electron chi connectivity index (χ1n) is 5.81. The minimum Gasteiger partial charge on any atom is -0.481 e. The Kier molecular flexibility index (Phi) is 3.19. The molecule has 0 aliphatic heterocycles. The Balaban J connectivity index is 1.80. The van der Waals surface area contributed by atoms with Crippen molar-refractivity contribution in [2.75, 3.05) is 12.4 Å². The average Bonchev–Trinajstić information content (AvgIpc) is 2.97. The van der Waals surface area contributed by atoms with Gasteiger partial charge >= 0.3 is 0 Å². The zero-order valence-electron chi connectivity index (χ0n) is 10.6. The Hall–Kier alpha value is -3.03. The van der Waals surface area contributed by atoms with Crippen LogP contribution in [0.5, 0.6) is 5.88 Å². The van der Waals surface area contributed by atoms with Crippen LogP contribution >= 0.6 is 0 Å². The summed E-state index contributed by atoms with van der Waals surface area (Å²) in [5.41, 5.74) is 0.728. The second-order valence-corrected chi connectivity index (χ2v) is 3.77. The Labute approximate surface area is 114 Å². The zero-order chi connectivity index (χ0) is 13.8. The van der Waals surface area contributed by atoms with E-state index in [1.807, 2.05) is 0 Å². The van der Waals surface area contributed by atoms with Gasteiger partial charge in [0.2, 0.25) is 17.8 Å². The molecule has 3 heterocycles. The van der Waals surface area contributed by atoms with Crippen LogP contribution in [0.4, 0.5) is 11.6 Å². The van der Waals surface area contributed by atoms with Crippen LogP contribution < -0.4 is 10.1 Å². The van der Waals surface area contributed by atoms with Crippen molar-refractivity contribution in [3.63, 3.8) is 0 Å². The van der Waals surface area contributed by atoms with Crippen LogP contribution in [0.15, 0.2) is 43.1 Å². The van der Waals surface area contributed by atoms with Crippen LogP contribution in [0.1, 0.15) is 0 Å². The molecule has 3 rings (SSSR count). The summed E-state index contributed by atoms with van der Waals surface area (Å²) in [6, 6.07) is 3.42. The summed E-state index contributed by atoms with van der Waals surface area (Å²) in [5.74, 6) is 1.41. The fourth-order valence-electron chi connectivity index (χ4n) is 1.55. The number of nitrogens with zero attached hydrogens (tertiary/aromatic N) is 6. The van der Waals surface area contributed by atoms with Crippen LogP contribution in [0.3, 0.4) is 0 Å². The van der Waals surface area contributed by atoms with Crippen LogP contribution in [-0.4, -0.2) is 36.8 Å². The van der Waals surface area contributed by atoms with Crippen LogP contribution in [0.25, 0.3) is 5.95 Å². The summed E-state index contributed by atoms with van der Waals surface area (Å²) in [6.07, 6.45) is 8.31. The topological polar surface area (TPSA) is 90.6 Å². The van der Waals surface area contributed by atoms with E-state index in [2.05, 4.69) is 30.4 Å². The number of hydrogen-bond acceptors (Lipinski definition) is 7. The zero-order valence-corrected chi connectivity index (χ0v) is 10.6. The Morgan fingerprint density at radius 2 is 2.00 bits per heavy atom. The lowest BCUT2D eigenvalue weighted by atomic mass is 10.5. The first kappa shape index (κ1) is 12.0. The first-order valence-corrected chi connectivity index (χ1v) is 5.81. The number of anilines is 2. The molecule has 0 radical (unpaired) electrons. The van der Waals surface area contributed by atoms with E-state index >= 15 is 0 Å². The number of nitrogens with one attached hydrogen (secondary N) is 1. The van der Waals surface area contributed by atoms with Crippen molar-refractivity contribution in [1.29, 1.82) is 0 Å². The lowest BCUT2D eigenvalue weighted by Gasteiger charge is -2.02. The molecule has 0 fully saturated rings. The molecule has 0 amide bonds. The fourth-order valence-corrected chi connectivity index (χ4v) is 1.55. The number of rotatable bonds is 4. The molecule has 0 aromatic carbocycles. The Morgan fingerprint density at radius 1 is 1.15 bits per heavy atom. The molecular weight excluding hydrogens is 258 g/mol. The van der Waals surface area contributed by atoms with Gasteiger partial charge in [0.15, 0.2) is 0 Å². The predicted octanol–water partition coefficient (Wildman–Crippen LogP) is 1.20. The molecule has 0 aliphatic rings. The average molecular weight is 269 g/mol. The standard InChI is InChI=1S/C12H11N7O/c1-20-10-3-6-13-11(18-10)17-9-7-16-19(8-9)12-14-4-2-5-15-12/h2-8H,1H3,(H,13,17,18). The molecule has 20 heavy (non-hydrogen) atoms. The molecule has 1 N–H and O–H groups in total. The lowest BCUT2D eigenvalue weighted by Crippen LogP contribution is -2.00. The summed E-state index contributed by atoms with van der Waals surface area (Å²) in [5, 5.41) is 7.20. The molecule has 0 spiro atoms. The van der Waals surface area contributed by atoms with Gasteiger partial charge in [0.25, 0.3) is 0 Å². The van der Waals surface area contributed by atoms with Crippen molar-refractivity contribution >= 4 is 11.6 Å². The van der Waals surface area contributed by atoms with Crippen molar-refractivity contribution in [3.8, 4) is 11.8 Å². The van der Waals surface area contributed by atoms with E-state index in [0.29, 0.717) is 17.8 Å². The van der Waals surface area contributed by atoms with E-state index in [1.165, 1.54) is 0 Å². The summed E-state index contributed by atoms with van der Waals surface area (Å²) < 4.78 is 6.59. The van der Waals surface area contributed by atoms with Gasteiger partial charge in [-0.05, 0) is 6.07 Å². The molecule has 3 aromatic heterocycles. The molecule has 8 heteroatoms. The fraction of sp³-hybridized carbons (Fsp3) is 0.0833. The van der Waals surface area contributed by atoms with Crippen molar-refractivity contribution < 1.29 is 4.74 Å². The summed E-state index contributed by atoms with van der Waals surface area (Å²) in [4.78, 5) is 16.5. The van der Waals surface area contributed by atoms with Crippen molar-refractivity contribution in [2.24, 2.45) is 0 Å². The highest BCUT2D eigenvalue weighted by atomic mass is 16.5. The van der Waals surface area contributed by atoms with E-state index in [9.17, 15) is 0 Å². The maximum absolute atomic E-state index is 5.04. The van der Waals surface area contributed by atoms with Gasteiger partial charge in [0, 0.05) is 24.7 Å². The van der Waals surface area contributed by atoms with Crippen LogP contribution in [0, 0.1) is 0 Å². The monoisotopic (exact) mass is 269 g/mol. The normalized spacial score (nSPS) is 10.2. The highest BCUT2D eigenvalue weighted by Crippen LogP contribution is 2.14. The SMILES string of the molecule is COc1ccnc(Nc2cnn(-c3ncccn3)c2)n1. The van der Waals surface area contributed by atoms with E-state index in [4.69, 9.17) is 4.74 Å². The molecule has 0 unspecified atom stereocenters. The second kappa shape index (κ2) is 5.31. The van der Waals surface area contributed by atoms with Gasteiger partial charge in [-0.2, -0.15) is 10.1 Å². The number of ether oxygens (including phenoxy) is 1. The minimum atomic E-state index is 0.429. The highest BCUT2D eigenvalue weighted by molar-refractivity contribution is 5.51. The van der Waals surface area contributed by atoms with E-state index in [-0.39, 0.29) is 0 Å². The molecule has 8 nitrogen and oxygen atoms in total. The van der Waals surface area contributed by atoms with Gasteiger partial charge in [-0.15, -0.1) is 0 Å². The van der Waals surface area contributed by atoms with Gasteiger partial charge in [-0.1, -0.05) is 0 Å². The third kappa shape index (κ3) is 2.53. The number of methoxy groups -OCH3 is 1. The third-order valence-corrected chi connectivity index (χ3v) is 2.43. The van der Waals surface area contributed by atoms with Gasteiger partial charge in [0.1, 0.15) is 0 Å². The minimum absolute atomic E-state index is 0.429. The maximum Gasteiger partial charge on any atom is 0.250 e. The molecule has 100 valence electrons. The van der Waals surface area contributed by atoms with Gasteiger partial charge in [-0.25, -0.2) is 19.6 Å². The third-order valence-electron chi connectivity index (χ3n) is 2.43. The highest BCUT2D eigenvalue weighted by Gasteiger charge is 2.05. The quantitative estimate of drug-likeness (QED) is 0.761. The largest absolute Gasteiger partial charge is 0.481 e. The van der Waals surface area contributed by atoms with Crippen LogP contribution in [0.2, 0.25) is 0 Å². The van der Waals surface area contributed by atoms with Gasteiger partial charge in [-0.3, -0.25) is 0 Å². The molecule has 0 atom stereocenters. The van der Waals surface area contributed by atoms with Crippen molar-refractivity contribution in [1.82, 2.24) is 29.7 Å². The van der Waals surface area contributed by atoms with Gasteiger partial charge < -0.3 is 10.1 Å². The summed E-state index contributed by atoms with van der Waals surface area (Å²) in [6.45, 7) is 0. The summed E-state index contributed by atoms with van der Waals surface area (Å²) >= 11 is 0. The number of hydrogen-bond donors (Lipinski definition) is 1. The van der Waals surface area contributed by atoms with Crippen molar-refractivity contribution in [2.45, 2.75) is 0 Å². The molecule has 0 aliphatic carbocycles. The predicted molar refractivity (Wildman–Crippen MR) is 71.0 cm³/mol. The molecule has 0 saturated heterocycles. The van der Waals surface area contributed by atoms with Gasteiger partial charge in [0.05, 0.1) is 25.2 Å². The van der Waals surface area contributed by atoms with E-state index in [1.54, 1.807) is 54.9 Å². The summed E-state index contributed by atoms with van der Waals surface area (Å²) in [7, 11) is 1.55. The maximum atomic E-state index is 5.04. The lowest BCUT2D eigenvalue weighted by molar-refractivity contribution is 0.397. The Morgan fingerprint density at radius 3 is 2.80 bits per heavy atom. The first-order chi connectivity index (χ1) is 9.85. The molecule has 3 aromatic rings. The van der Waals surface area contributed by atoms with E-state index < -0.39 is 0 Å². The smallest absolute Gasteiger partial charge is 0.250 e. The van der Waals surface area contributed by atoms with E-state index in [0.717, 1.165) is 5.69 Å². The number of aromatic nitrogens is 6. The molecular formula is C12H11N7O. The second-order valence-electron chi connectivity index (χ2n) is 3.77. The van der Waals surface area contributed by atoms with Crippen molar-refractivity contribution in [3.05, 3.63) is 43.1 Å². The molecule has 0 saturated carbocycles. The van der Waals surface area contributed by atoms with Crippen LogP contribution in [-0.2, 0) is 0 Å². The molecule has 0 bridgehead atoms. The Bertz CT molecular complexity index is 698.